The SMILES string of the molecule is CN(C)c1ccc(C2C(=O)C(=CC3C(=O)C(=CC4=[N+](C)c5ccccc5C4(C)C)C3=O)C2=O)c([O-])c1. The van der Waals surface area contributed by atoms with Crippen molar-refractivity contribution >= 4 is 40.2 Å². The van der Waals surface area contributed by atoms with Crippen LogP contribution in [-0.2, 0) is 24.6 Å². The van der Waals surface area contributed by atoms with E-state index in [2.05, 4.69) is 0 Å². The van der Waals surface area contributed by atoms with Crippen LogP contribution in [0.5, 0.6) is 5.75 Å². The van der Waals surface area contributed by atoms with E-state index in [1.165, 1.54) is 18.2 Å². The summed E-state index contributed by atoms with van der Waals surface area (Å²) >= 11 is 0. The van der Waals surface area contributed by atoms with E-state index >= 15 is 0 Å². The number of anilines is 1. The maximum atomic E-state index is 12.9. The number of carbonyl (C=O) groups excluding carboxylic acids is 4. The van der Waals surface area contributed by atoms with Crippen LogP contribution in [0.25, 0.3) is 0 Å². The Morgan fingerprint density at radius 1 is 0.917 bits per heavy atom. The van der Waals surface area contributed by atoms with Gasteiger partial charge < -0.3 is 10.0 Å². The van der Waals surface area contributed by atoms with Gasteiger partial charge in [0.15, 0.2) is 28.8 Å². The van der Waals surface area contributed by atoms with Gasteiger partial charge in [0, 0.05) is 37.5 Å². The first-order chi connectivity index (χ1) is 16.9. The lowest BCUT2D eigenvalue weighted by molar-refractivity contribution is -0.401. The first-order valence-electron chi connectivity index (χ1n) is 11.7. The van der Waals surface area contributed by atoms with E-state index in [0.29, 0.717) is 5.69 Å². The topological polar surface area (TPSA) is 97.6 Å². The Balaban J connectivity index is 1.37. The lowest BCUT2D eigenvalue weighted by Crippen LogP contribution is -2.45. The minimum atomic E-state index is -1.18. The first kappa shape index (κ1) is 23.6. The predicted octanol–water partition coefficient (Wildman–Crippen LogP) is 2.39. The minimum Gasteiger partial charge on any atom is -0.872 e. The van der Waals surface area contributed by atoms with Crippen molar-refractivity contribution in [2.24, 2.45) is 5.92 Å². The molecule has 182 valence electrons. The zero-order valence-corrected chi connectivity index (χ0v) is 20.8. The molecule has 36 heavy (non-hydrogen) atoms. The molecule has 0 unspecified atom stereocenters. The summed E-state index contributed by atoms with van der Waals surface area (Å²) in [6.45, 7) is 4.08. The third-order valence-electron chi connectivity index (χ3n) is 7.53. The highest BCUT2D eigenvalue weighted by molar-refractivity contribution is 6.45. The number of rotatable bonds is 4. The molecule has 0 atom stereocenters. The first-order valence-corrected chi connectivity index (χ1v) is 11.7. The van der Waals surface area contributed by atoms with Crippen LogP contribution in [0.1, 0.15) is 30.9 Å². The van der Waals surface area contributed by atoms with Gasteiger partial charge in [-0.2, -0.15) is 4.58 Å². The Bertz CT molecular complexity index is 1450. The van der Waals surface area contributed by atoms with Gasteiger partial charge in [0.2, 0.25) is 5.69 Å². The number of ketones is 4. The summed E-state index contributed by atoms with van der Waals surface area (Å²) in [6.07, 6.45) is 2.80. The predicted molar refractivity (Wildman–Crippen MR) is 133 cm³/mol. The Morgan fingerprint density at radius 3 is 2.14 bits per heavy atom. The lowest BCUT2D eigenvalue weighted by atomic mass is 9.68. The van der Waals surface area contributed by atoms with Gasteiger partial charge >= 0.3 is 0 Å². The number of hydrogen-bond donors (Lipinski definition) is 0. The van der Waals surface area contributed by atoms with Crippen molar-refractivity contribution in [3.63, 3.8) is 0 Å². The van der Waals surface area contributed by atoms with Crippen LogP contribution in [0.3, 0.4) is 0 Å². The molecule has 7 heteroatoms. The molecular formula is C29H26N2O5. The second kappa shape index (κ2) is 7.95. The zero-order chi connectivity index (χ0) is 26.1. The number of nitrogens with zero attached hydrogens (tertiary/aromatic N) is 2. The molecule has 5 rings (SSSR count). The van der Waals surface area contributed by atoms with Crippen LogP contribution in [-0.4, -0.2) is 54.6 Å². The number of fused-ring (bicyclic) bond motifs is 1. The molecule has 0 radical (unpaired) electrons. The molecule has 3 aliphatic rings. The summed E-state index contributed by atoms with van der Waals surface area (Å²) in [5.74, 6) is -4.62. The van der Waals surface area contributed by atoms with Gasteiger partial charge in [-0.05, 0) is 31.5 Å². The van der Waals surface area contributed by atoms with Crippen LogP contribution in [0.15, 0.2) is 65.8 Å². The highest BCUT2D eigenvalue weighted by atomic mass is 16.3. The summed E-state index contributed by atoms with van der Waals surface area (Å²) in [4.78, 5) is 53.1. The van der Waals surface area contributed by atoms with Crippen LogP contribution in [0.4, 0.5) is 11.4 Å². The van der Waals surface area contributed by atoms with Crippen molar-refractivity contribution < 1.29 is 28.9 Å². The third kappa shape index (κ3) is 3.22. The summed E-state index contributed by atoms with van der Waals surface area (Å²) in [5.41, 5.74) is 3.21. The highest BCUT2D eigenvalue weighted by Crippen LogP contribution is 2.42. The molecule has 2 aromatic carbocycles. The summed E-state index contributed by atoms with van der Waals surface area (Å²) in [7, 11) is 5.47. The van der Waals surface area contributed by atoms with Crippen LogP contribution in [0.2, 0.25) is 0 Å². The average molecular weight is 483 g/mol. The average Bonchev–Trinajstić information content (AvgIpc) is 3.03. The lowest BCUT2D eigenvalue weighted by Gasteiger charge is -2.32. The third-order valence-corrected chi connectivity index (χ3v) is 7.53. The molecule has 0 spiro atoms. The fourth-order valence-electron chi connectivity index (χ4n) is 5.31. The molecule has 0 N–H and O–H groups in total. The number of Topliss-reactive ketones (excluding diaryl/α,β-unsaturated/α-hetero) is 4. The van der Waals surface area contributed by atoms with Gasteiger partial charge in [0.05, 0.1) is 16.6 Å². The molecular weight excluding hydrogens is 456 g/mol. The number of carbonyl (C=O) groups is 4. The molecule has 2 aliphatic carbocycles. The van der Waals surface area contributed by atoms with Gasteiger partial charge in [0.25, 0.3) is 0 Å². The summed E-state index contributed by atoms with van der Waals surface area (Å²) < 4.78 is 1.97. The van der Waals surface area contributed by atoms with E-state index < -0.39 is 46.1 Å². The smallest absolute Gasteiger partial charge is 0.209 e. The molecule has 1 heterocycles. The fraction of sp³-hybridized carbons (Fsp3) is 0.276. The van der Waals surface area contributed by atoms with Crippen LogP contribution < -0.4 is 10.0 Å². The fourth-order valence-corrected chi connectivity index (χ4v) is 5.31. The molecule has 0 bridgehead atoms. The van der Waals surface area contributed by atoms with Crippen molar-refractivity contribution in [3.8, 4) is 5.75 Å². The van der Waals surface area contributed by atoms with E-state index in [1.54, 1.807) is 31.1 Å². The van der Waals surface area contributed by atoms with Crippen molar-refractivity contribution in [1.29, 1.82) is 0 Å². The van der Waals surface area contributed by atoms with Gasteiger partial charge in [-0.15, -0.1) is 5.75 Å². The van der Waals surface area contributed by atoms with Gasteiger partial charge in [-0.1, -0.05) is 30.3 Å². The molecule has 0 amide bonds. The van der Waals surface area contributed by atoms with Crippen LogP contribution in [0, 0.1) is 5.92 Å². The van der Waals surface area contributed by atoms with E-state index in [9.17, 15) is 24.3 Å². The number of allylic oxidation sites excluding steroid dienone is 4. The molecule has 1 aliphatic heterocycles. The Hall–Kier alpha value is -4.13. The normalized spacial score (nSPS) is 22.4. The van der Waals surface area contributed by atoms with E-state index in [0.717, 1.165) is 17.0 Å². The zero-order valence-electron chi connectivity index (χ0n) is 20.8. The quantitative estimate of drug-likeness (QED) is 0.287. The Labute approximate surface area is 209 Å². The second-order valence-electron chi connectivity index (χ2n) is 10.2. The van der Waals surface area contributed by atoms with Gasteiger partial charge in [-0.25, -0.2) is 0 Å². The molecule has 2 aromatic rings. The van der Waals surface area contributed by atoms with Crippen molar-refractivity contribution in [2.75, 3.05) is 26.0 Å². The monoisotopic (exact) mass is 482 g/mol. The Morgan fingerprint density at radius 2 is 1.56 bits per heavy atom. The van der Waals surface area contributed by atoms with E-state index in [-0.39, 0.29) is 16.7 Å². The number of para-hydroxylation sites is 1. The maximum Gasteiger partial charge on any atom is 0.209 e. The summed E-state index contributed by atoms with van der Waals surface area (Å²) in [5, 5.41) is 12.5. The molecule has 2 fully saturated rings. The maximum absolute atomic E-state index is 12.9. The van der Waals surface area contributed by atoms with Crippen molar-refractivity contribution in [1.82, 2.24) is 0 Å². The standard InChI is InChI=1S/C29H26N2O5/c1-29(2)20-8-6-7-9-21(20)31(5)23(29)14-19-25(33)17(26(19)34)13-18-27(35)24(28(18)36)16-11-10-15(30(3)4)12-22(16)32/h6-14,17,24H,1-5H3. The van der Waals surface area contributed by atoms with Crippen molar-refractivity contribution in [3.05, 3.63) is 76.9 Å². The number of benzene rings is 2. The van der Waals surface area contributed by atoms with Gasteiger partial charge in [0.1, 0.15) is 18.9 Å². The van der Waals surface area contributed by atoms with E-state index in [1.807, 2.05) is 49.7 Å². The minimum absolute atomic E-state index is 0.0662. The molecule has 0 aromatic heterocycles. The van der Waals surface area contributed by atoms with Crippen molar-refractivity contribution in [2.45, 2.75) is 25.2 Å². The molecule has 7 nitrogen and oxygen atoms in total. The second-order valence-corrected chi connectivity index (χ2v) is 10.2. The van der Waals surface area contributed by atoms with E-state index in [4.69, 9.17) is 0 Å². The van der Waals surface area contributed by atoms with Crippen LogP contribution >= 0.6 is 0 Å². The molecule has 0 saturated heterocycles. The number of hydrogen-bond acceptors (Lipinski definition) is 6. The van der Waals surface area contributed by atoms with Gasteiger partial charge in [-0.3, -0.25) is 19.2 Å². The molecule has 2 saturated carbocycles. The highest BCUT2D eigenvalue weighted by Gasteiger charge is 2.51. The Kier molecular flexibility index (Phi) is 5.21. The summed E-state index contributed by atoms with van der Waals surface area (Å²) in [6, 6.07) is 12.5. The largest absolute Gasteiger partial charge is 0.872 e.